The summed E-state index contributed by atoms with van der Waals surface area (Å²) in [6.45, 7) is 20.2. The molecule has 2 nitrogen and oxygen atoms in total. The van der Waals surface area contributed by atoms with Crippen molar-refractivity contribution in [3.8, 4) is 11.1 Å². The minimum absolute atomic E-state index is 0. The van der Waals surface area contributed by atoms with Crippen molar-refractivity contribution in [2.45, 2.75) is 25.8 Å². The van der Waals surface area contributed by atoms with Gasteiger partial charge in [0.1, 0.15) is 6.72 Å². The molecular formula is C59H54HfN2. The molecule has 8 aromatic rings. The van der Waals surface area contributed by atoms with E-state index in [0.717, 1.165) is 44.6 Å². The zero-order valence-corrected chi connectivity index (χ0v) is 39.4. The molecular weight excluding hydrogens is 915 g/mol. The summed E-state index contributed by atoms with van der Waals surface area (Å²) in [5.74, 6) is 0.475. The van der Waals surface area contributed by atoms with Crippen molar-refractivity contribution in [1.29, 1.82) is 0 Å². The van der Waals surface area contributed by atoms with E-state index in [1.165, 1.54) is 27.8 Å². The first-order valence-corrected chi connectivity index (χ1v) is 20.7. The first-order valence-electron chi connectivity index (χ1n) is 20.7. The monoisotopic (exact) mass is 970 g/mol. The molecule has 1 atom stereocenters. The maximum atomic E-state index is 5.38. The molecule has 0 radical (unpaired) electrons. The van der Waals surface area contributed by atoms with Crippen LogP contribution in [0.25, 0.3) is 22.0 Å². The number of aromatic nitrogens is 1. The molecule has 1 aliphatic carbocycles. The fourth-order valence-corrected chi connectivity index (χ4v) is 6.92. The molecule has 7 aromatic carbocycles. The molecule has 3 heteroatoms. The Kier molecular flexibility index (Phi) is 17.9. The van der Waals surface area contributed by atoms with E-state index in [0.29, 0.717) is 5.92 Å². The van der Waals surface area contributed by atoms with Crippen LogP contribution in [0.15, 0.2) is 224 Å². The zero-order valence-electron chi connectivity index (χ0n) is 35.8. The van der Waals surface area contributed by atoms with Crippen LogP contribution >= 0.6 is 0 Å². The summed E-state index contributed by atoms with van der Waals surface area (Å²) >= 11 is 0. The number of rotatable bonds is 6. The molecule has 1 aromatic heterocycles. The Balaban J connectivity index is 0.000000267. The minimum atomic E-state index is -0.256. The topological polar surface area (TPSA) is 20.0 Å². The SMILES string of the molecule is C=[n+]1c(C([N-]c2ccc(C(C)C)cc2)c2ccccc2-c2ccccc2)ccc/c1=C1/C=C[CH-]c2ccccc21.[CH2-]c1ccccc1.[CH2-]c1ccccc1.[CH2-]c1ccccc1.[Hf+4]. The van der Waals surface area contributed by atoms with E-state index in [2.05, 4.69) is 185 Å². The van der Waals surface area contributed by atoms with Crippen LogP contribution in [0, 0.1) is 33.9 Å². The van der Waals surface area contributed by atoms with Gasteiger partial charge in [-0.3, -0.25) is 0 Å². The predicted octanol–water partition coefficient (Wildman–Crippen LogP) is 14.1. The fourth-order valence-electron chi connectivity index (χ4n) is 6.92. The third kappa shape index (κ3) is 13.2. The summed E-state index contributed by atoms with van der Waals surface area (Å²) in [5, 5.41) is 6.44. The number of nitrogens with zero attached hydrogens (tertiary/aromatic N) is 2. The number of allylic oxidation sites excluding steroid dienone is 2. The fraction of sp³-hybridized carbons (Fsp3) is 0.0678. The van der Waals surface area contributed by atoms with Gasteiger partial charge in [-0.1, -0.05) is 129 Å². The van der Waals surface area contributed by atoms with Crippen LogP contribution in [0.2, 0.25) is 0 Å². The van der Waals surface area contributed by atoms with Gasteiger partial charge in [0.05, 0.1) is 0 Å². The van der Waals surface area contributed by atoms with E-state index < -0.39 is 0 Å². The Morgan fingerprint density at radius 1 is 0.516 bits per heavy atom. The van der Waals surface area contributed by atoms with Gasteiger partial charge in [-0.05, 0) is 45.9 Å². The second-order valence-corrected chi connectivity index (χ2v) is 15.0. The summed E-state index contributed by atoms with van der Waals surface area (Å²) < 4.78 is 2.07. The summed E-state index contributed by atoms with van der Waals surface area (Å²) in [7, 11) is 0. The van der Waals surface area contributed by atoms with E-state index in [4.69, 9.17) is 5.32 Å². The molecule has 0 saturated heterocycles. The molecule has 1 heterocycles. The number of fused-ring (bicyclic) bond motifs is 1. The van der Waals surface area contributed by atoms with E-state index in [1.54, 1.807) is 0 Å². The van der Waals surface area contributed by atoms with E-state index in [-0.39, 0.29) is 31.9 Å². The molecule has 0 aliphatic heterocycles. The standard InChI is InChI=1S/C38H33N2.3C7H7.Hf/c1-27(2)28-23-25-31(26-24-28)39-38(35-19-10-9-18-33(35)29-13-5-4-6-14-29)37-22-12-21-36(40(37)3)34-20-11-16-30-15-7-8-17-32(30)34;3*1-7-5-3-2-4-6-7;/h4-27,38H,3H2,1-2H3;3*2-6H,1H2;/q4*-1;+4/b36-34+;;;;. The number of benzene rings is 7. The van der Waals surface area contributed by atoms with Gasteiger partial charge in [-0.25, -0.2) is 0 Å². The van der Waals surface area contributed by atoms with Crippen LogP contribution in [0.3, 0.4) is 0 Å². The number of pyridine rings is 1. The second kappa shape index (κ2) is 23.9. The maximum absolute atomic E-state index is 5.38. The van der Waals surface area contributed by atoms with Crippen LogP contribution in [0.4, 0.5) is 5.69 Å². The number of hydrogen-bond acceptors (Lipinski definition) is 0. The first kappa shape index (κ1) is 46.4. The van der Waals surface area contributed by atoms with Crippen LogP contribution in [-0.4, -0.2) is 0 Å². The van der Waals surface area contributed by atoms with Crippen molar-refractivity contribution >= 4 is 11.3 Å². The van der Waals surface area contributed by atoms with Crippen molar-refractivity contribution in [2.75, 3.05) is 0 Å². The van der Waals surface area contributed by atoms with E-state index in [9.17, 15) is 0 Å². The Labute approximate surface area is 389 Å². The summed E-state index contributed by atoms with van der Waals surface area (Å²) in [6.07, 6.45) is 6.45. The van der Waals surface area contributed by atoms with E-state index >= 15 is 0 Å². The first-order chi connectivity index (χ1) is 29.8. The van der Waals surface area contributed by atoms with Crippen LogP contribution in [0.5, 0.6) is 0 Å². The molecule has 0 fully saturated rings. The normalized spacial score (nSPS) is 12.2. The van der Waals surface area contributed by atoms with Gasteiger partial charge in [-0.2, -0.15) is 78.1 Å². The molecule has 304 valence electrons. The second-order valence-electron chi connectivity index (χ2n) is 15.0. The van der Waals surface area contributed by atoms with Crippen LogP contribution in [0.1, 0.15) is 70.4 Å². The third-order valence-electron chi connectivity index (χ3n) is 10.2. The predicted molar refractivity (Wildman–Crippen MR) is 258 cm³/mol. The van der Waals surface area contributed by atoms with Gasteiger partial charge in [0.15, 0.2) is 11.0 Å². The van der Waals surface area contributed by atoms with Gasteiger partial charge in [-0.15, -0.1) is 78.4 Å². The van der Waals surface area contributed by atoms with Crippen molar-refractivity contribution in [3.63, 3.8) is 0 Å². The molecule has 0 saturated carbocycles. The summed E-state index contributed by atoms with van der Waals surface area (Å²) in [5.41, 5.74) is 13.6. The van der Waals surface area contributed by atoms with Crippen LogP contribution < -0.4 is 9.59 Å². The Hall–Kier alpha value is -6.68. The summed E-state index contributed by atoms with van der Waals surface area (Å²) in [4.78, 5) is 0. The average molecular weight is 970 g/mol. The van der Waals surface area contributed by atoms with Crippen molar-refractivity contribution in [3.05, 3.63) is 314 Å². The Morgan fingerprint density at radius 3 is 1.52 bits per heavy atom. The zero-order chi connectivity index (χ0) is 42.8. The minimum Gasteiger partial charge on any atom is -0.670 e. The quantitative estimate of drug-likeness (QED) is 0.0899. The molecule has 0 spiro atoms. The van der Waals surface area contributed by atoms with Crippen molar-refractivity contribution < 1.29 is 30.1 Å². The number of hydrogen-bond donors (Lipinski definition) is 0. The molecule has 1 aliphatic rings. The molecule has 0 bridgehead atoms. The smallest absolute Gasteiger partial charge is 0.670 e. The van der Waals surface area contributed by atoms with Gasteiger partial charge >= 0.3 is 25.8 Å². The van der Waals surface area contributed by atoms with E-state index in [1.807, 2.05) is 91.0 Å². The van der Waals surface area contributed by atoms with Crippen LogP contribution in [-0.2, 0) is 25.8 Å². The molecule has 0 N–H and O–H groups in total. The molecule has 9 rings (SSSR count). The molecule has 62 heavy (non-hydrogen) atoms. The van der Waals surface area contributed by atoms with Crippen molar-refractivity contribution in [1.82, 2.24) is 0 Å². The Morgan fingerprint density at radius 2 is 1.00 bits per heavy atom. The maximum Gasteiger partial charge on any atom is 4.00 e. The van der Waals surface area contributed by atoms with Gasteiger partial charge < -0.3 is 5.32 Å². The Bertz CT molecular complexity index is 2600. The third-order valence-corrected chi connectivity index (χ3v) is 10.2. The summed E-state index contributed by atoms with van der Waals surface area (Å²) in [6, 6.07) is 72.1. The average Bonchev–Trinajstić information content (AvgIpc) is 3.30. The largest absolute Gasteiger partial charge is 4.00 e. The van der Waals surface area contributed by atoms with Gasteiger partial charge in [0, 0.05) is 12.1 Å². The molecule has 1 unspecified atom stereocenters. The van der Waals surface area contributed by atoms with Crippen molar-refractivity contribution in [2.24, 2.45) is 0 Å². The van der Waals surface area contributed by atoms with Gasteiger partial charge in [0.25, 0.3) is 0 Å². The molecule has 0 amide bonds. The van der Waals surface area contributed by atoms with Gasteiger partial charge in [0.2, 0.25) is 0 Å².